The van der Waals surface area contributed by atoms with Crippen molar-refractivity contribution in [3.63, 3.8) is 0 Å². The molecule has 1 amide bonds. The molecular formula is C21H31NO5S. The van der Waals surface area contributed by atoms with Gasteiger partial charge in [0.1, 0.15) is 5.00 Å². The number of esters is 2. The Morgan fingerprint density at radius 3 is 2.36 bits per heavy atom. The number of hydrogen-bond donors (Lipinski definition) is 1. The van der Waals surface area contributed by atoms with Crippen molar-refractivity contribution >= 4 is 34.2 Å². The van der Waals surface area contributed by atoms with Crippen LogP contribution in [0.5, 0.6) is 0 Å². The van der Waals surface area contributed by atoms with Crippen LogP contribution < -0.4 is 5.32 Å². The van der Waals surface area contributed by atoms with Crippen molar-refractivity contribution in [1.29, 1.82) is 0 Å². The van der Waals surface area contributed by atoms with E-state index in [4.69, 9.17) is 9.47 Å². The first-order valence-corrected chi connectivity index (χ1v) is 10.5. The molecule has 1 aromatic heterocycles. The Bertz CT molecular complexity index is 772. The van der Waals surface area contributed by atoms with Crippen LogP contribution in [0, 0.1) is 11.3 Å². The number of amides is 1. The van der Waals surface area contributed by atoms with Gasteiger partial charge in [0.25, 0.3) is 5.91 Å². The third-order valence-corrected chi connectivity index (χ3v) is 6.31. The molecule has 1 aliphatic carbocycles. The van der Waals surface area contributed by atoms with Crippen LogP contribution in [0.4, 0.5) is 5.00 Å². The molecule has 6 nitrogen and oxygen atoms in total. The normalized spacial score (nSPS) is 16.9. The summed E-state index contributed by atoms with van der Waals surface area (Å²) in [6.07, 6.45) is 2.65. The molecule has 1 heterocycles. The first kappa shape index (κ1) is 22.4. The number of thiophene rings is 1. The van der Waals surface area contributed by atoms with Gasteiger partial charge in [0, 0.05) is 11.8 Å². The van der Waals surface area contributed by atoms with E-state index in [1.807, 2.05) is 0 Å². The van der Waals surface area contributed by atoms with E-state index in [-0.39, 0.29) is 12.0 Å². The van der Waals surface area contributed by atoms with Crippen LogP contribution in [0.15, 0.2) is 0 Å². The molecule has 2 rings (SSSR count). The van der Waals surface area contributed by atoms with Crippen LogP contribution in [-0.2, 0) is 31.9 Å². The zero-order chi connectivity index (χ0) is 21.3. The number of anilines is 1. The highest BCUT2D eigenvalue weighted by molar-refractivity contribution is 7.17. The van der Waals surface area contributed by atoms with E-state index < -0.39 is 23.4 Å². The van der Waals surface area contributed by atoms with Gasteiger partial charge in [-0.05, 0) is 56.9 Å². The highest BCUT2D eigenvalue weighted by atomic mass is 32.1. The summed E-state index contributed by atoms with van der Waals surface area (Å²) in [6, 6.07) is 0. The van der Waals surface area contributed by atoms with Crippen molar-refractivity contribution in [3.8, 4) is 0 Å². The summed E-state index contributed by atoms with van der Waals surface area (Å²) in [6.45, 7) is 13.0. The Hall–Kier alpha value is -1.89. The van der Waals surface area contributed by atoms with E-state index in [0.717, 1.165) is 29.7 Å². The van der Waals surface area contributed by atoms with E-state index in [2.05, 4.69) is 26.1 Å². The average molecular weight is 410 g/mol. The minimum absolute atomic E-state index is 0.173. The summed E-state index contributed by atoms with van der Waals surface area (Å²) < 4.78 is 10.4. The summed E-state index contributed by atoms with van der Waals surface area (Å²) in [4.78, 5) is 37.8. The Kier molecular flexibility index (Phi) is 6.58. The number of hydrogen-bond acceptors (Lipinski definition) is 6. The van der Waals surface area contributed by atoms with E-state index in [1.54, 1.807) is 6.92 Å². The fraction of sp³-hybridized carbons (Fsp3) is 0.667. The summed E-state index contributed by atoms with van der Waals surface area (Å²) in [7, 11) is 0. The number of carbonyl (C=O) groups excluding carboxylic acids is 3. The van der Waals surface area contributed by atoms with Crippen LogP contribution >= 0.6 is 11.3 Å². The van der Waals surface area contributed by atoms with Crippen molar-refractivity contribution in [3.05, 3.63) is 16.0 Å². The first-order chi connectivity index (χ1) is 12.9. The Morgan fingerprint density at radius 1 is 1.18 bits per heavy atom. The van der Waals surface area contributed by atoms with Gasteiger partial charge in [-0.15, -0.1) is 11.3 Å². The molecule has 0 saturated carbocycles. The number of nitrogens with one attached hydrogen (secondary N) is 1. The molecule has 0 spiro atoms. The fourth-order valence-corrected chi connectivity index (χ4v) is 4.80. The highest BCUT2D eigenvalue weighted by Crippen LogP contribution is 2.44. The number of carbonyl (C=O) groups is 3. The lowest BCUT2D eigenvalue weighted by molar-refractivity contribution is -0.160. The van der Waals surface area contributed by atoms with E-state index in [1.165, 1.54) is 32.1 Å². The predicted molar refractivity (Wildman–Crippen MR) is 110 cm³/mol. The van der Waals surface area contributed by atoms with Gasteiger partial charge in [-0.3, -0.25) is 9.59 Å². The molecule has 0 fully saturated rings. The lowest BCUT2D eigenvalue weighted by atomic mass is 9.72. The second-order valence-electron chi connectivity index (χ2n) is 8.79. The third-order valence-electron chi connectivity index (χ3n) is 5.14. The fourth-order valence-electron chi connectivity index (χ4n) is 3.49. The Morgan fingerprint density at radius 2 is 1.82 bits per heavy atom. The van der Waals surface area contributed by atoms with Crippen LogP contribution in [0.2, 0.25) is 0 Å². The molecule has 0 aromatic carbocycles. The van der Waals surface area contributed by atoms with Gasteiger partial charge in [0.15, 0.2) is 5.60 Å². The Balaban J connectivity index is 2.38. The van der Waals surface area contributed by atoms with E-state index >= 15 is 0 Å². The van der Waals surface area contributed by atoms with Crippen molar-refractivity contribution in [2.24, 2.45) is 11.3 Å². The summed E-state index contributed by atoms with van der Waals surface area (Å²) in [5.74, 6) is -0.923. The van der Waals surface area contributed by atoms with Crippen LogP contribution in [-0.4, -0.2) is 30.1 Å². The monoisotopic (exact) mass is 409 g/mol. The minimum Gasteiger partial charge on any atom is -0.462 e. The third kappa shape index (κ3) is 4.93. The van der Waals surface area contributed by atoms with Crippen LogP contribution in [0.1, 0.15) is 75.7 Å². The van der Waals surface area contributed by atoms with Gasteiger partial charge in [-0.1, -0.05) is 20.8 Å². The van der Waals surface area contributed by atoms with Gasteiger partial charge >= 0.3 is 11.9 Å². The summed E-state index contributed by atoms with van der Waals surface area (Å²) >= 11 is 1.43. The first-order valence-electron chi connectivity index (χ1n) is 9.69. The van der Waals surface area contributed by atoms with Gasteiger partial charge < -0.3 is 14.8 Å². The molecule has 0 unspecified atom stereocenters. The topological polar surface area (TPSA) is 81.7 Å². The number of rotatable bonds is 5. The molecular weight excluding hydrogens is 378 g/mol. The number of fused-ring (bicyclic) bond motifs is 1. The van der Waals surface area contributed by atoms with Crippen LogP contribution in [0.3, 0.4) is 0 Å². The minimum atomic E-state index is -1.34. The maximum Gasteiger partial charge on any atom is 0.341 e. The molecule has 156 valence electrons. The molecule has 28 heavy (non-hydrogen) atoms. The zero-order valence-corrected chi connectivity index (χ0v) is 18.7. The van der Waals surface area contributed by atoms with Gasteiger partial charge in [-0.2, -0.15) is 0 Å². The van der Waals surface area contributed by atoms with E-state index in [9.17, 15) is 14.4 Å². The molecule has 1 aromatic rings. The highest BCUT2D eigenvalue weighted by Gasteiger charge is 2.37. The molecule has 0 aliphatic heterocycles. The zero-order valence-electron chi connectivity index (χ0n) is 17.9. The smallest absolute Gasteiger partial charge is 0.341 e. The molecule has 1 N–H and O–H groups in total. The number of ether oxygens (including phenoxy) is 2. The largest absolute Gasteiger partial charge is 0.462 e. The molecule has 0 bridgehead atoms. The van der Waals surface area contributed by atoms with Crippen molar-refractivity contribution in [2.45, 2.75) is 73.3 Å². The molecule has 7 heteroatoms. The molecule has 0 radical (unpaired) electrons. The van der Waals surface area contributed by atoms with Crippen molar-refractivity contribution in [2.75, 3.05) is 11.9 Å². The van der Waals surface area contributed by atoms with Crippen molar-refractivity contribution in [1.82, 2.24) is 0 Å². The maximum absolute atomic E-state index is 12.7. The Labute approximate surface area is 171 Å². The van der Waals surface area contributed by atoms with Gasteiger partial charge in [0.05, 0.1) is 12.2 Å². The second-order valence-corrected chi connectivity index (χ2v) is 9.90. The molecule has 1 atom stereocenters. The van der Waals surface area contributed by atoms with Gasteiger partial charge in [-0.25, -0.2) is 4.79 Å². The second kappa shape index (κ2) is 8.23. The average Bonchev–Trinajstić information content (AvgIpc) is 2.89. The van der Waals surface area contributed by atoms with Crippen molar-refractivity contribution < 1.29 is 23.9 Å². The van der Waals surface area contributed by atoms with E-state index in [0.29, 0.717) is 16.5 Å². The maximum atomic E-state index is 12.7. The standard InChI is InChI=1S/C21H31NO5S/c1-8-26-18(24)16-14-10-9-13(20(3,4)5)11-15(14)28-17(16)22-19(25)21(6,7)27-12(2)23/h13H,8-11H2,1-7H3,(H,22,25)/t13-/m1/s1. The summed E-state index contributed by atoms with van der Waals surface area (Å²) in [5.41, 5.74) is 0.258. The predicted octanol–water partition coefficient (Wildman–Crippen LogP) is 4.36. The SMILES string of the molecule is CCOC(=O)c1c(NC(=O)C(C)(C)OC(C)=O)sc2c1CC[C@@H](C(C)(C)C)C2. The molecule has 0 saturated heterocycles. The lowest BCUT2D eigenvalue weighted by Crippen LogP contribution is -2.41. The summed E-state index contributed by atoms with van der Waals surface area (Å²) in [5, 5.41) is 3.28. The lowest BCUT2D eigenvalue weighted by Gasteiger charge is -2.33. The quantitative estimate of drug-likeness (QED) is 0.731. The van der Waals surface area contributed by atoms with Gasteiger partial charge in [0.2, 0.25) is 0 Å². The molecule has 1 aliphatic rings. The van der Waals surface area contributed by atoms with Crippen LogP contribution in [0.25, 0.3) is 0 Å².